The third-order valence-corrected chi connectivity index (χ3v) is 11.0. The van der Waals surface area contributed by atoms with Crippen LogP contribution in [0.1, 0.15) is 24.5 Å². The van der Waals surface area contributed by atoms with Gasteiger partial charge in [0.25, 0.3) is 0 Å². The van der Waals surface area contributed by atoms with Crippen molar-refractivity contribution in [2.75, 3.05) is 24.0 Å². The molecule has 8 heteroatoms. The van der Waals surface area contributed by atoms with Gasteiger partial charge in [-0.05, 0) is 77.2 Å². The van der Waals surface area contributed by atoms with Crippen LogP contribution in [0.3, 0.4) is 0 Å². The zero-order valence-corrected chi connectivity index (χ0v) is 26.8. The van der Waals surface area contributed by atoms with E-state index < -0.39 is 35.0 Å². The molecule has 0 N–H and O–H groups in total. The predicted molar refractivity (Wildman–Crippen MR) is 181 cm³/mol. The largest absolute Gasteiger partial charge is 0.497 e. The van der Waals surface area contributed by atoms with Crippen molar-refractivity contribution in [2.45, 2.75) is 13.3 Å². The lowest BCUT2D eigenvalue weighted by Gasteiger charge is -2.58. The van der Waals surface area contributed by atoms with Gasteiger partial charge in [-0.25, -0.2) is 0 Å². The Labute approximate surface area is 278 Å². The third kappa shape index (κ3) is 3.89. The molecule has 0 aromatic heterocycles. The zero-order valence-electron chi connectivity index (χ0n) is 26.8. The van der Waals surface area contributed by atoms with E-state index >= 15 is 0 Å². The minimum atomic E-state index is -1.15. The molecule has 3 fully saturated rings. The van der Waals surface area contributed by atoms with Crippen molar-refractivity contribution >= 4 is 46.1 Å². The lowest BCUT2D eigenvalue weighted by atomic mass is 9.40. The average molecular weight is 639 g/mol. The molecule has 0 spiro atoms. The van der Waals surface area contributed by atoms with Crippen LogP contribution < -0.4 is 19.3 Å². The number of allylic oxidation sites excluding steroid dienone is 2. The highest BCUT2D eigenvalue weighted by Crippen LogP contribution is 2.73. The number of imide groups is 2. The van der Waals surface area contributed by atoms with Gasteiger partial charge < -0.3 is 9.47 Å². The van der Waals surface area contributed by atoms with Gasteiger partial charge in [0.1, 0.15) is 11.5 Å². The van der Waals surface area contributed by atoms with E-state index in [-0.39, 0.29) is 23.6 Å². The van der Waals surface area contributed by atoms with Crippen LogP contribution in [-0.4, -0.2) is 37.8 Å². The fraction of sp³-hybridized carbons (Fsp3) is 0.250. The second-order valence-electron chi connectivity index (χ2n) is 12.9. The van der Waals surface area contributed by atoms with E-state index in [0.717, 1.165) is 22.3 Å². The van der Waals surface area contributed by atoms with Crippen molar-refractivity contribution in [3.63, 3.8) is 0 Å². The van der Waals surface area contributed by atoms with Crippen LogP contribution in [0.2, 0.25) is 0 Å². The van der Waals surface area contributed by atoms with Gasteiger partial charge in [0.05, 0.1) is 49.3 Å². The van der Waals surface area contributed by atoms with Gasteiger partial charge in [0.15, 0.2) is 0 Å². The quantitative estimate of drug-likeness (QED) is 0.222. The number of carbonyl (C=O) groups excluding carboxylic acids is 4. The highest BCUT2D eigenvalue weighted by atomic mass is 16.5. The second kappa shape index (κ2) is 11.0. The highest BCUT2D eigenvalue weighted by molar-refractivity contribution is 6.29. The van der Waals surface area contributed by atoms with Gasteiger partial charge >= 0.3 is 0 Å². The smallest absolute Gasteiger partial charge is 0.238 e. The van der Waals surface area contributed by atoms with Gasteiger partial charge in [-0.3, -0.25) is 29.0 Å². The van der Waals surface area contributed by atoms with Crippen molar-refractivity contribution in [3.05, 3.63) is 120 Å². The van der Waals surface area contributed by atoms with Gasteiger partial charge in [-0.2, -0.15) is 0 Å². The molecule has 4 aromatic carbocycles. The van der Waals surface area contributed by atoms with Crippen molar-refractivity contribution in [2.24, 2.45) is 35.0 Å². The average Bonchev–Trinajstić information content (AvgIpc) is 3.57. The lowest BCUT2D eigenvalue weighted by Crippen LogP contribution is -2.60. The number of amides is 4. The Morgan fingerprint density at radius 1 is 0.542 bits per heavy atom. The SMILES string of the molecule is CCC12C(c3ccccc3)=C(c3ccccc3)C([C@H]3C(=O)N(c4ccc(OC)cc4)C(=O)[C@H]31)[C@@H]1C(=O)N(c3ccc(OC)cc3)C(=O)[C@@H]12. The topological polar surface area (TPSA) is 93.2 Å². The molecule has 0 radical (unpaired) electrons. The second-order valence-corrected chi connectivity index (χ2v) is 12.9. The molecule has 1 saturated carbocycles. The summed E-state index contributed by atoms with van der Waals surface area (Å²) >= 11 is 0. The molecule has 5 aliphatic rings. The molecule has 240 valence electrons. The third-order valence-electron chi connectivity index (χ3n) is 11.0. The Morgan fingerprint density at radius 2 is 0.958 bits per heavy atom. The summed E-state index contributed by atoms with van der Waals surface area (Å²) in [5.41, 5.74) is 3.22. The number of ether oxygens (including phenoxy) is 2. The molecule has 2 saturated heterocycles. The van der Waals surface area contributed by atoms with Crippen LogP contribution in [0, 0.1) is 35.0 Å². The molecule has 48 heavy (non-hydrogen) atoms. The van der Waals surface area contributed by atoms with Crippen LogP contribution in [0.15, 0.2) is 109 Å². The number of hydrogen-bond acceptors (Lipinski definition) is 6. The fourth-order valence-corrected chi connectivity index (χ4v) is 9.27. The maximum absolute atomic E-state index is 14.9. The van der Waals surface area contributed by atoms with Crippen molar-refractivity contribution in [1.29, 1.82) is 0 Å². The first-order valence-corrected chi connectivity index (χ1v) is 16.3. The van der Waals surface area contributed by atoms with Crippen molar-refractivity contribution in [1.82, 2.24) is 0 Å². The van der Waals surface area contributed by atoms with E-state index in [4.69, 9.17) is 9.47 Å². The summed E-state index contributed by atoms with van der Waals surface area (Å²) in [6, 6.07) is 33.4. The minimum Gasteiger partial charge on any atom is -0.497 e. The number of benzene rings is 4. The molecule has 2 unspecified atom stereocenters. The van der Waals surface area contributed by atoms with E-state index in [9.17, 15) is 19.2 Å². The first-order valence-electron chi connectivity index (χ1n) is 16.3. The summed E-state index contributed by atoms with van der Waals surface area (Å²) in [6.07, 6.45) is 0.369. The standard InChI is InChI=1S/C40H34N2O6/c1-4-40-33(24-13-9-6-10-14-24)29(23-11-7-5-8-12-23)30(31-34(40)38(45)41(36(31)43)25-15-19-27(47-2)20-16-25)32-35(40)39(46)42(37(32)44)26-17-21-28(48-3)22-18-26/h5-22,30-32,34-35H,4H2,1-3H3/t30?,31-,32+,34+,35-,40?. The van der Waals surface area contributed by atoms with Crippen LogP contribution in [0.5, 0.6) is 11.5 Å². The van der Waals surface area contributed by atoms with Crippen LogP contribution in [0.25, 0.3) is 11.1 Å². The summed E-state index contributed by atoms with van der Waals surface area (Å²) in [5, 5.41) is 0. The van der Waals surface area contributed by atoms with Gasteiger partial charge in [0, 0.05) is 11.3 Å². The van der Waals surface area contributed by atoms with Gasteiger partial charge in [-0.1, -0.05) is 67.6 Å². The number of methoxy groups -OCH3 is 2. The predicted octanol–water partition coefficient (Wildman–Crippen LogP) is 6.27. The maximum Gasteiger partial charge on any atom is 0.238 e. The lowest BCUT2D eigenvalue weighted by molar-refractivity contribution is -0.145. The highest BCUT2D eigenvalue weighted by Gasteiger charge is 2.77. The molecule has 4 amide bonds. The molecule has 2 bridgehead atoms. The molecular formula is C40H34N2O6. The van der Waals surface area contributed by atoms with E-state index in [2.05, 4.69) is 0 Å². The molecule has 4 aromatic rings. The summed E-state index contributed by atoms with van der Waals surface area (Å²) in [5.74, 6) is -4.27. The zero-order chi connectivity index (χ0) is 33.3. The van der Waals surface area contributed by atoms with Crippen LogP contribution >= 0.6 is 0 Å². The van der Waals surface area contributed by atoms with E-state index in [1.54, 1.807) is 62.8 Å². The van der Waals surface area contributed by atoms with E-state index in [0.29, 0.717) is 29.3 Å². The number of hydrogen-bond donors (Lipinski definition) is 0. The maximum atomic E-state index is 14.9. The first kappa shape index (κ1) is 29.9. The van der Waals surface area contributed by atoms with Gasteiger partial charge in [-0.15, -0.1) is 0 Å². The summed E-state index contributed by atoms with van der Waals surface area (Å²) in [6.45, 7) is 1.98. The Morgan fingerprint density at radius 3 is 1.35 bits per heavy atom. The normalized spacial score (nSPS) is 27.4. The summed E-state index contributed by atoms with van der Waals surface area (Å²) in [7, 11) is 3.12. The molecular weight excluding hydrogens is 604 g/mol. The van der Waals surface area contributed by atoms with Crippen LogP contribution in [0.4, 0.5) is 11.4 Å². The van der Waals surface area contributed by atoms with Crippen molar-refractivity contribution < 1.29 is 28.7 Å². The Balaban J connectivity index is 1.40. The molecule has 9 rings (SSSR count). The van der Waals surface area contributed by atoms with E-state index in [1.165, 1.54) is 9.80 Å². The van der Waals surface area contributed by atoms with Crippen molar-refractivity contribution in [3.8, 4) is 11.5 Å². The summed E-state index contributed by atoms with van der Waals surface area (Å²) < 4.78 is 10.7. The molecule has 3 aliphatic carbocycles. The molecule has 8 nitrogen and oxygen atoms in total. The number of anilines is 2. The molecule has 2 heterocycles. The Hall–Kier alpha value is -5.50. The first-order chi connectivity index (χ1) is 23.4. The number of carbonyl (C=O) groups is 4. The summed E-state index contributed by atoms with van der Waals surface area (Å²) in [4.78, 5) is 62.0. The van der Waals surface area contributed by atoms with Crippen LogP contribution in [-0.2, 0) is 19.2 Å². The molecule has 2 aliphatic heterocycles. The number of nitrogens with zero attached hydrogens (tertiary/aromatic N) is 2. The van der Waals surface area contributed by atoms with E-state index in [1.807, 2.05) is 67.6 Å². The monoisotopic (exact) mass is 638 g/mol. The van der Waals surface area contributed by atoms with Gasteiger partial charge in [0.2, 0.25) is 23.6 Å². The Kier molecular flexibility index (Phi) is 6.87. The number of rotatable bonds is 7. The Bertz CT molecular complexity index is 1900. The fourth-order valence-electron chi connectivity index (χ4n) is 9.27. The molecule has 6 atom stereocenters. The minimum absolute atomic E-state index is 0.343.